The van der Waals surface area contributed by atoms with Gasteiger partial charge in [0.05, 0.1) is 17.5 Å². The van der Waals surface area contributed by atoms with Crippen molar-refractivity contribution in [2.45, 2.75) is 18.1 Å². The topological polar surface area (TPSA) is 89.3 Å². The number of hydrogen-bond donors (Lipinski definition) is 2. The molecule has 1 amide bonds. The fraction of sp³-hybridized carbons (Fsp3) is 0.400. The second-order valence-electron chi connectivity index (χ2n) is 4.92. The number of rotatable bonds is 3. The van der Waals surface area contributed by atoms with Crippen molar-refractivity contribution in [1.29, 1.82) is 0 Å². The molecule has 1 saturated heterocycles. The summed E-state index contributed by atoms with van der Waals surface area (Å²) in [6.45, 7) is 0.466. The van der Waals surface area contributed by atoms with Gasteiger partial charge in [0.1, 0.15) is 0 Å². The van der Waals surface area contributed by atoms with E-state index in [2.05, 4.69) is 17.2 Å². The van der Waals surface area contributed by atoms with Crippen molar-refractivity contribution in [3.63, 3.8) is 0 Å². The van der Waals surface area contributed by atoms with Crippen LogP contribution in [0.3, 0.4) is 0 Å². The van der Waals surface area contributed by atoms with Crippen LogP contribution in [0.5, 0.6) is 0 Å². The van der Waals surface area contributed by atoms with E-state index >= 15 is 0 Å². The van der Waals surface area contributed by atoms with Crippen LogP contribution in [0.4, 0.5) is 0 Å². The second-order valence-corrected chi connectivity index (χ2v) is 7.33. The Kier molecular flexibility index (Phi) is 4.99. The molecule has 0 aromatic heterocycles. The number of nitrogens with one attached hydrogen (secondary N) is 1. The van der Waals surface area contributed by atoms with Crippen LogP contribution in [0.1, 0.15) is 28.8 Å². The number of hydrogen-bond acceptors (Lipinski definition) is 4. The number of sulfone groups is 1. The molecule has 1 aromatic rings. The van der Waals surface area contributed by atoms with Gasteiger partial charge in [0.2, 0.25) is 0 Å². The van der Waals surface area contributed by atoms with E-state index in [1.807, 2.05) is 0 Å². The number of carbonyl (C=O) groups excluding carboxylic acids is 1. The molecule has 1 aliphatic rings. The Balaban J connectivity index is 1.94. The normalized spacial score (nSPS) is 19.6. The van der Waals surface area contributed by atoms with Gasteiger partial charge in [-0.2, -0.15) is 0 Å². The molecule has 1 aromatic carbocycles. The summed E-state index contributed by atoms with van der Waals surface area (Å²) < 4.78 is 23.4. The van der Waals surface area contributed by atoms with Crippen molar-refractivity contribution in [3.05, 3.63) is 35.4 Å². The highest BCUT2D eigenvalue weighted by Crippen LogP contribution is 2.19. The third kappa shape index (κ3) is 4.06. The predicted molar refractivity (Wildman–Crippen MR) is 81.5 cm³/mol. The highest BCUT2D eigenvalue weighted by atomic mass is 32.2. The van der Waals surface area contributed by atoms with Gasteiger partial charge in [-0.15, -0.1) is 0 Å². The zero-order chi connectivity index (χ0) is 15.3. The fourth-order valence-corrected chi connectivity index (χ4v) is 4.02. The summed E-state index contributed by atoms with van der Waals surface area (Å²) in [4.78, 5) is 12.0. The minimum Gasteiger partial charge on any atom is -0.351 e. The van der Waals surface area contributed by atoms with Crippen molar-refractivity contribution >= 4 is 15.7 Å². The molecule has 1 unspecified atom stereocenters. The van der Waals surface area contributed by atoms with Crippen LogP contribution in [-0.2, 0) is 9.84 Å². The minimum atomic E-state index is -3.03. The van der Waals surface area contributed by atoms with E-state index in [1.54, 1.807) is 24.3 Å². The maximum atomic E-state index is 12.0. The van der Waals surface area contributed by atoms with Crippen LogP contribution >= 0.6 is 0 Å². The molecule has 0 bridgehead atoms. The molecule has 2 rings (SSSR count). The molecule has 0 radical (unpaired) electrons. The van der Waals surface area contributed by atoms with E-state index in [1.165, 1.54) is 0 Å². The van der Waals surface area contributed by atoms with Gasteiger partial charge in [0.15, 0.2) is 9.84 Å². The van der Waals surface area contributed by atoms with E-state index in [9.17, 15) is 13.2 Å². The highest BCUT2D eigenvalue weighted by Gasteiger charge is 2.31. The first-order chi connectivity index (χ1) is 10.0. The molecule has 112 valence electrons. The number of carbonyl (C=O) groups is 1. The van der Waals surface area contributed by atoms with Gasteiger partial charge in [-0.05, 0) is 37.1 Å². The largest absolute Gasteiger partial charge is 0.351 e. The molecule has 1 heterocycles. The molecular weight excluding hydrogens is 288 g/mol. The molecule has 0 saturated carbocycles. The van der Waals surface area contributed by atoms with Crippen LogP contribution in [0.15, 0.2) is 24.3 Å². The Morgan fingerprint density at radius 3 is 2.62 bits per heavy atom. The van der Waals surface area contributed by atoms with Crippen molar-refractivity contribution < 1.29 is 13.2 Å². The SMILES string of the molecule is NCC#Cc1ccc(C(=O)NCC2CCCS2(=O)=O)cc1. The molecule has 5 nitrogen and oxygen atoms in total. The molecule has 6 heteroatoms. The van der Waals surface area contributed by atoms with Gasteiger partial charge in [-0.25, -0.2) is 8.42 Å². The number of benzene rings is 1. The van der Waals surface area contributed by atoms with Gasteiger partial charge >= 0.3 is 0 Å². The van der Waals surface area contributed by atoms with Gasteiger partial charge in [-0.3, -0.25) is 4.79 Å². The van der Waals surface area contributed by atoms with Gasteiger partial charge in [0, 0.05) is 17.7 Å². The first-order valence-electron chi connectivity index (χ1n) is 6.82. The maximum Gasteiger partial charge on any atom is 0.251 e. The Morgan fingerprint density at radius 2 is 2.05 bits per heavy atom. The van der Waals surface area contributed by atoms with E-state index in [4.69, 9.17) is 5.73 Å². The average molecular weight is 306 g/mol. The molecule has 21 heavy (non-hydrogen) atoms. The summed E-state index contributed by atoms with van der Waals surface area (Å²) in [5.74, 6) is 5.56. The van der Waals surface area contributed by atoms with Crippen molar-refractivity contribution in [3.8, 4) is 11.8 Å². The van der Waals surface area contributed by atoms with E-state index < -0.39 is 15.1 Å². The summed E-state index contributed by atoms with van der Waals surface area (Å²) in [5.41, 5.74) is 6.57. The lowest BCUT2D eigenvalue weighted by molar-refractivity contribution is 0.0953. The van der Waals surface area contributed by atoms with E-state index in [-0.39, 0.29) is 24.7 Å². The monoisotopic (exact) mass is 306 g/mol. The molecule has 0 aliphatic carbocycles. The summed E-state index contributed by atoms with van der Waals surface area (Å²) in [6.07, 6.45) is 1.30. The van der Waals surface area contributed by atoms with Crippen LogP contribution in [-0.4, -0.2) is 38.4 Å². The lowest BCUT2D eigenvalue weighted by Crippen LogP contribution is -2.34. The first-order valence-corrected chi connectivity index (χ1v) is 8.53. The summed E-state index contributed by atoms with van der Waals surface area (Å²) in [6, 6.07) is 6.81. The summed E-state index contributed by atoms with van der Waals surface area (Å²) in [7, 11) is -3.03. The second kappa shape index (κ2) is 6.74. The van der Waals surface area contributed by atoms with Crippen molar-refractivity contribution in [2.24, 2.45) is 5.73 Å². The summed E-state index contributed by atoms with van der Waals surface area (Å²) in [5, 5.41) is 2.24. The quantitative estimate of drug-likeness (QED) is 0.786. The van der Waals surface area contributed by atoms with Crippen LogP contribution in [0.25, 0.3) is 0 Å². The van der Waals surface area contributed by atoms with Crippen molar-refractivity contribution in [1.82, 2.24) is 5.32 Å². The maximum absolute atomic E-state index is 12.0. The minimum absolute atomic E-state index is 0.176. The first kappa shape index (κ1) is 15.5. The van der Waals surface area contributed by atoms with Crippen LogP contribution < -0.4 is 11.1 Å². The van der Waals surface area contributed by atoms with Gasteiger partial charge in [-0.1, -0.05) is 11.8 Å². The lowest BCUT2D eigenvalue weighted by Gasteiger charge is -2.10. The Hall–Kier alpha value is -1.84. The Labute approximate surface area is 124 Å². The number of nitrogens with two attached hydrogens (primary N) is 1. The summed E-state index contributed by atoms with van der Waals surface area (Å²) >= 11 is 0. The predicted octanol–water partition coefficient (Wildman–Crippen LogP) is 0.304. The van der Waals surface area contributed by atoms with Crippen LogP contribution in [0, 0.1) is 11.8 Å². The van der Waals surface area contributed by atoms with Crippen molar-refractivity contribution in [2.75, 3.05) is 18.8 Å². The molecule has 3 N–H and O–H groups in total. The van der Waals surface area contributed by atoms with Gasteiger partial charge < -0.3 is 11.1 Å². The zero-order valence-corrected chi connectivity index (χ0v) is 12.4. The van der Waals surface area contributed by atoms with E-state index in [0.717, 1.165) is 5.56 Å². The molecule has 0 spiro atoms. The molecule has 1 fully saturated rings. The highest BCUT2D eigenvalue weighted by molar-refractivity contribution is 7.92. The number of amides is 1. The lowest BCUT2D eigenvalue weighted by atomic mass is 10.1. The van der Waals surface area contributed by atoms with Crippen LogP contribution in [0.2, 0.25) is 0 Å². The smallest absolute Gasteiger partial charge is 0.251 e. The Bertz CT molecular complexity index is 669. The van der Waals surface area contributed by atoms with Gasteiger partial charge in [0.25, 0.3) is 5.91 Å². The fourth-order valence-electron chi connectivity index (χ4n) is 2.25. The zero-order valence-electron chi connectivity index (χ0n) is 11.6. The third-order valence-electron chi connectivity index (χ3n) is 3.43. The van der Waals surface area contributed by atoms with E-state index in [0.29, 0.717) is 18.4 Å². The average Bonchev–Trinajstić information content (AvgIpc) is 2.82. The Morgan fingerprint density at radius 1 is 1.33 bits per heavy atom. The molecular formula is C15H18N2O3S. The third-order valence-corrected chi connectivity index (χ3v) is 5.71. The molecule has 1 aliphatic heterocycles. The molecule has 1 atom stereocenters. The standard InChI is InChI=1S/C15H18N2O3S/c16-9-1-3-12-5-7-13(8-6-12)15(18)17-11-14-4-2-10-21(14,19)20/h5-8,14H,2,4,9-11,16H2,(H,17,18).